The van der Waals surface area contributed by atoms with E-state index in [1.54, 1.807) is 0 Å². The Hall–Kier alpha value is -0.0600. The zero-order valence-corrected chi connectivity index (χ0v) is 14.5. The lowest BCUT2D eigenvalue weighted by Gasteiger charge is -2.13. The maximum Gasteiger partial charge on any atom is 0.0655 e. The first-order chi connectivity index (χ1) is 8.61. The van der Waals surface area contributed by atoms with E-state index in [-0.39, 0.29) is 4.83 Å². The van der Waals surface area contributed by atoms with Crippen molar-refractivity contribution >= 4 is 50.1 Å². The van der Waals surface area contributed by atoms with E-state index in [9.17, 15) is 0 Å². The smallest absolute Gasteiger partial charge is 0.0655 e. The van der Waals surface area contributed by atoms with Crippen LogP contribution in [0.5, 0.6) is 0 Å². The average Bonchev–Trinajstić information content (AvgIpc) is 2.41. The van der Waals surface area contributed by atoms with Crippen LogP contribution in [0.2, 0.25) is 5.02 Å². The molecule has 94 valence electrons. The van der Waals surface area contributed by atoms with Gasteiger partial charge in [0.25, 0.3) is 0 Å². The Kier molecular flexibility index (Phi) is 5.10. The van der Waals surface area contributed by atoms with Crippen molar-refractivity contribution in [2.75, 3.05) is 0 Å². The van der Waals surface area contributed by atoms with Gasteiger partial charge in [0, 0.05) is 8.59 Å². The second kappa shape index (κ2) is 6.40. The molecule has 0 aliphatic carbocycles. The second-order valence-electron chi connectivity index (χ2n) is 4.12. The predicted molar refractivity (Wildman–Crippen MR) is 90.8 cm³/mol. The fourth-order valence-corrected chi connectivity index (χ4v) is 3.75. The summed E-state index contributed by atoms with van der Waals surface area (Å²) in [4.78, 5) is 0.189. The van der Waals surface area contributed by atoms with E-state index in [0.29, 0.717) is 0 Å². The molecule has 0 amide bonds. The number of halogens is 3. The topological polar surface area (TPSA) is 0 Å². The van der Waals surface area contributed by atoms with Gasteiger partial charge in [-0.3, -0.25) is 0 Å². The maximum atomic E-state index is 6.07. The van der Waals surface area contributed by atoms with Crippen LogP contribution < -0.4 is 0 Å². The van der Waals surface area contributed by atoms with Gasteiger partial charge in [0.05, 0.1) is 4.83 Å². The van der Waals surface area contributed by atoms with Crippen LogP contribution in [0.25, 0.3) is 0 Å². The zero-order valence-electron chi connectivity index (χ0n) is 9.96. The molecule has 0 bridgehead atoms. The van der Waals surface area contributed by atoms with E-state index in [2.05, 4.69) is 69.7 Å². The molecule has 0 aliphatic rings. The summed E-state index contributed by atoms with van der Waals surface area (Å²) in [7, 11) is 0. The third-order valence-electron chi connectivity index (χ3n) is 2.91. The van der Waals surface area contributed by atoms with Crippen LogP contribution in [-0.4, -0.2) is 0 Å². The molecular formula is C15H13BrClI. The minimum atomic E-state index is 0.189. The van der Waals surface area contributed by atoms with Crippen LogP contribution in [0.3, 0.4) is 0 Å². The highest BCUT2D eigenvalue weighted by molar-refractivity contribution is 14.1. The second-order valence-corrected chi connectivity index (χ2v) is 6.64. The largest absolute Gasteiger partial charge is 0.0843 e. The lowest BCUT2D eigenvalue weighted by molar-refractivity contribution is 1.11. The van der Waals surface area contributed by atoms with E-state index < -0.39 is 0 Å². The minimum absolute atomic E-state index is 0.189. The number of alkyl halides is 1. The lowest BCUT2D eigenvalue weighted by atomic mass is 10.0. The molecule has 0 aromatic heterocycles. The standard InChI is InChI=1S/C15H13BrClI/c1-2-10-3-5-11(6-4-10)15(16)13-9-12(17)7-8-14(13)18/h3-9,15H,2H2,1H3. The summed E-state index contributed by atoms with van der Waals surface area (Å²) < 4.78 is 1.22. The molecule has 0 fully saturated rings. The molecule has 0 spiro atoms. The van der Waals surface area contributed by atoms with Crippen molar-refractivity contribution < 1.29 is 0 Å². The SMILES string of the molecule is CCc1ccc(C(Br)c2cc(Cl)ccc2I)cc1. The Balaban J connectivity index is 2.34. The molecule has 1 atom stereocenters. The first-order valence-electron chi connectivity index (χ1n) is 5.79. The molecule has 0 heterocycles. The number of hydrogen-bond donors (Lipinski definition) is 0. The summed E-state index contributed by atoms with van der Waals surface area (Å²) >= 11 is 12.2. The van der Waals surface area contributed by atoms with Crippen LogP contribution in [0.15, 0.2) is 42.5 Å². The van der Waals surface area contributed by atoms with Crippen molar-refractivity contribution in [3.05, 3.63) is 67.7 Å². The summed E-state index contributed by atoms with van der Waals surface area (Å²) in [6, 6.07) is 14.7. The first kappa shape index (κ1) is 14.4. The highest BCUT2D eigenvalue weighted by Crippen LogP contribution is 2.35. The predicted octanol–water partition coefficient (Wildman–Crippen LogP) is 5.99. The van der Waals surface area contributed by atoms with Gasteiger partial charge in [0.2, 0.25) is 0 Å². The summed E-state index contributed by atoms with van der Waals surface area (Å²) in [6.07, 6.45) is 1.07. The van der Waals surface area contributed by atoms with Gasteiger partial charge in [-0.25, -0.2) is 0 Å². The Morgan fingerprint density at radius 1 is 1.17 bits per heavy atom. The van der Waals surface area contributed by atoms with Gasteiger partial charge in [-0.05, 0) is 63.9 Å². The molecule has 18 heavy (non-hydrogen) atoms. The molecule has 0 saturated heterocycles. The van der Waals surface area contributed by atoms with Gasteiger partial charge < -0.3 is 0 Å². The van der Waals surface area contributed by atoms with Crippen molar-refractivity contribution in [3.63, 3.8) is 0 Å². The van der Waals surface area contributed by atoms with E-state index in [1.807, 2.05) is 18.2 Å². The minimum Gasteiger partial charge on any atom is -0.0843 e. The van der Waals surface area contributed by atoms with Crippen LogP contribution in [0.4, 0.5) is 0 Å². The van der Waals surface area contributed by atoms with E-state index in [4.69, 9.17) is 11.6 Å². The van der Waals surface area contributed by atoms with Gasteiger partial charge in [-0.2, -0.15) is 0 Å². The molecule has 0 nitrogen and oxygen atoms in total. The van der Waals surface area contributed by atoms with Gasteiger partial charge in [-0.15, -0.1) is 0 Å². The van der Waals surface area contributed by atoms with E-state index in [1.165, 1.54) is 20.3 Å². The Labute approximate surface area is 135 Å². The molecule has 0 radical (unpaired) electrons. The quantitative estimate of drug-likeness (QED) is 0.410. The Morgan fingerprint density at radius 2 is 1.83 bits per heavy atom. The third kappa shape index (κ3) is 3.28. The van der Waals surface area contributed by atoms with Crippen LogP contribution in [-0.2, 0) is 6.42 Å². The maximum absolute atomic E-state index is 6.07. The van der Waals surface area contributed by atoms with Crippen molar-refractivity contribution in [3.8, 4) is 0 Å². The number of aryl methyl sites for hydroxylation is 1. The van der Waals surface area contributed by atoms with Gasteiger partial charge in [0.1, 0.15) is 0 Å². The molecule has 2 aromatic carbocycles. The molecule has 1 unspecified atom stereocenters. The average molecular weight is 436 g/mol. The molecular weight excluding hydrogens is 422 g/mol. The van der Waals surface area contributed by atoms with Crippen LogP contribution in [0, 0.1) is 3.57 Å². The van der Waals surface area contributed by atoms with Crippen LogP contribution >= 0.6 is 50.1 Å². The lowest BCUT2D eigenvalue weighted by Crippen LogP contribution is -1.96. The highest BCUT2D eigenvalue weighted by atomic mass is 127. The van der Waals surface area contributed by atoms with E-state index in [0.717, 1.165) is 11.4 Å². The fraction of sp³-hybridized carbons (Fsp3) is 0.200. The monoisotopic (exact) mass is 434 g/mol. The Morgan fingerprint density at radius 3 is 2.44 bits per heavy atom. The van der Waals surface area contributed by atoms with Crippen molar-refractivity contribution in [1.82, 2.24) is 0 Å². The molecule has 2 rings (SSSR count). The van der Waals surface area contributed by atoms with E-state index >= 15 is 0 Å². The van der Waals surface area contributed by atoms with Crippen LogP contribution in [0.1, 0.15) is 28.4 Å². The summed E-state index contributed by atoms with van der Waals surface area (Å²) in [5, 5.41) is 0.778. The number of benzene rings is 2. The molecule has 3 heteroatoms. The van der Waals surface area contributed by atoms with Crippen molar-refractivity contribution in [1.29, 1.82) is 0 Å². The summed E-state index contributed by atoms with van der Waals surface area (Å²) in [5.74, 6) is 0. The molecule has 0 N–H and O–H groups in total. The Bertz CT molecular complexity index is 537. The molecule has 0 aliphatic heterocycles. The van der Waals surface area contributed by atoms with Gasteiger partial charge in [-0.1, -0.05) is 58.7 Å². The number of rotatable bonds is 3. The molecule has 0 saturated carbocycles. The summed E-state index contributed by atoms with van der Waals surface area (Å²) in [6.45, 7) is 2.17. The first-order valence-corrected chi connectivity index (χ1v) is 8.17. The third-order valence-corrected chi connectivity index (χ3v) is 5.15. The van der Waals surface area contributed by atoms with Gasteiger partial charge in [0.15, 0.2) is 0 Å². The zero-order chi connectivity index (χ0) is 13.1. The van der Waals surface area contributed by atoms with Gasteiger partial charge >= 0.3 is 0 Å². The number of hydrogen-bond acceptors (Lipinski definition) is 0. The summed E-state index contributed by atoms with van der Waals surface area (Å²) in [5.41, 5.74) is 3.83. The van der Waals surface area contributed by atoms with Crippen molar-refractivity contribution in [2.24, 2.45) is 0 Å². The fourth-order valence-electron chi connectivity index (χ4n) is 1.81. The normalized spacial score (nSPS) is 12.4. The molecule has 2 aromatic rings. The van der Waals surface area contributed by atoms with Crippen molar-refractivity contribution in [2.45, 2.75) is 18.2 Å². The highest BCUT2D eigenvalue weighted by Gasteiger charge is 2.13.